The average molecular weight is 195 g/mol. The Morgan fingerprint density at radius 3 is 2.93 bits per heavy atom. The molecule has 0 atom stereocenters. The number of nitrogens with one attached hydrogen (secondary N) is 1. The zero-order valence-electron chi connectivity index (χ0n) is 9.29. The smallest absolute Gasteiger partial charge is 0.0534 e. The number of aryl methyl sites for hydroxylation is 1. The number of unbranched alkanes of at least 4 members (excludes halogenated alkanes) is 1. The van der Waals surface area contributed by atoms with Crippen molar-refractivity contribution in [3.63, 3.8) is 0 Å². The molecule has 0 spiro atoms. The Morgan fingerprint density at radius 1 is 1.36 bits per heavy atom. The quantitative estimate of drug-likeness (QED) is 0.676. The fraction of sp³-hybridized carbons (Fsp3) is 0.727. The van der Waals surface area contributed by atoms with Gasteiger partial charge in [-0.05, 0) is 19.4 Å². The highest BCUT2D eigenvalue weighted by atomic mass is 15.3. The van der Waals surface area contributed by atoms with Gasteiger partial charge in [0.15, 0.2) is 0 Å². The summed E-state index contributed by atoms with van der Waals surface area (Å²) in [5.74, 6) is 0. The molecule has 0 radical (unpaired) electrons. The van der Waals surface area contributed by atoms with Gasteiger partial charge in [0.1, 0.15) is 0 Å². The van der Waals surface area contributed by atoms with Crippen LogP contribution in [0, 0.1) is 0 Å². The van der Waals surface area contributed by atoms with Crippen molar-refractivity contribution in [2.45, 2.75) is 46.2 Å². The molecular formula is C11H21N3. The van der Waals surface area contributed by atoms with Crippen LogP contribution in [-0.4, -0.2) is 16.3 Å². The first-order valence-corrected chi connectivity index (χ1v) is 5.58. The van der Waals surface area contributed by atoms with E-state index in [2.05, 4.69) is 30.5 Å². The summed E-state index contributed by atoms with van der Waals surface area (Å²) in [4.78, 5) is 0. The van der Waals surface area contributed by atoms with Gasteiger partial charge in [-0.2, -0.15) is 5.10 Å². The van der Waals surface area contributed by atoms with Crippen molar-refractivity contribution in [3.8, 4) is 0 Å². The average Bonchev–Trinajstić information content (AvgIpc) is 2.63. The third-order valence-corrected chi connectivity index (χ3v) is 2.18. The summed E-state index contributed by atoms with van der Waals surface area (Å²) >= 11 is 0. The second-order valence-corrected chi connectivity index (χ2v) is 3.64. The Hall–Kier alpha value is -0.830. The molecule has 14 heavy (non-hydrogen) atoms. The molecule has 0 aliphatic rings. The Balaban J connectivity index is 2.27. The molecule has 0 unspecified atom stereocenters. The van der Waals surface area contributed by atoms with E-state index in [1.165, 1.54) is 24.8 Å². The Bertz CT molecular complexity index is 242. The van der Waals surface area contributed by atoms with E-state index in [9.17, 15) is 0 Å². The second-order valence-electron chi connectivity index (χ2n) is 3.64. The molecule has 80 valence electrons. The molecule has 0 aliphatic carbocycles. The highest BCUT2D eigenvalue weighted by molar-refractivity contribution is 5.03. The topological polar surface area (TPSA) is 29.9 Å². The van der Waals surface area contributed by atoms with E-state index >= 15 is 0 Å². The third kappa shape index (κ3) is 3.92. The van der Waals surface area contributed by atoms with Gasteiger partial charge in [-0.3, -0.25) is 4.68 Å². The fourth-order valence-electron chi connectivity index (χ4n) is 1.35. The normalized spacial score (nSPS) is 10.7. The van der Waals surface area contributed by atoms with E-state index in [1.54, 1.807) is 0 Å². The van der Waals surface area contributed by atoms with E-state index in [-0.39, 0.29) is 0 Å². The summed E-state index contributed by atoms with van der Waals surface area (Å²) in [6, 6.07) is 0. The summed E-state index contributed by atoms with van der Waals surface area (Å²) in [6.07, 6.45) is 7.72. The first-order valence-electron chi connectivity index (χ1n) is 5.58. The summed E-state index contributed by atoms with van der Waals surface area (Å²) < 4.78 is 2.03. The molecule has 1 N–H and O–H groups in total. The fourth-order valence-corrected chi connectivity index (χ4v) is 1.35. The Morgan fingerprint density at radius 2 is 2.21 bits per heavy atom. The number of rotatable bonds is 7. The van der Waals surface area contributed by atoms with E-state index in [4.69, 9.17) is 0 Å². The van der Waals surface area contributed by atoms with Crippen molar-refractivity contribution >= 4 is 0 Å². The van der Waals surface area contributed by atoms with Gasteiger partial charge in [-0.15, -0.1) is 0 Å². The standard InChI is InChI=1S/C11H21N3/c1-3-5-7-14-10-11(9-13-14)8-12-6-4-2/h9-10,12H,3-8H2,1-2H3. The molecule has 0 aliphatic heterocycles. The largest absolute Gasteiger partial charge is 0.313 e. The first kappa shape index (κ1) is 11.2. The lowest BCUT2D eigenvalue weighted by Gasteiger charge is -1.99. The number of aromatic nitrogens is 2. The van der Waals surface area contributed by atoms with E-state index in [1.807, 2.05) is 10.9 Å². The highest BCUT2D eigenvalue weighted by Gasteiger charge is 1.96. The molecule has 1 heterocycles. The van der Waals surface area contributed by atoms with Crippen LogP contribution in [0.25, 0.3) is 0 Å². The van der Waals surface area contributed by atoms with Gasteiger partial charge in [0.25, 0.3) is 0 Å². The maximum atomic E-state index is 4.31. The molecule has 3 heteroatoms. The van der Waals surface area contributed by atoms with Crippen LogP contribution in [0.1, 0.15) is 38.7 Å². The van der Waals surface area contributed by atoms with Crippen LogP contribution in [0.15, 0.2) is 12.4 Å². The van der Waals surface area contributed by atoms with Crippen LogP contribution in [0.2, 0.25) is 0 Å². The lowest BCUT2D eigenvalue weighted by atomic mass is 10.3. The summed E-state index contributed by atoms with van der Waals surface area (Å²) in [6.45, 7) is 7.45. The van der Waals surface area contributed by atoms with Crippen molar-refractivity contribution < 1.29 is 0 Å². The molecular weight excluding hydrogens is 174 g/mol. The maximum absolute atomic E-state index is 4.31. The predicted molar refractivity (Wildman–Crippen MR) is 59.1 cm³/mol. The van der Waals surface area contributed by atoms with Gasteiger partial charge in [-0.25, -0.2) is 0 Å². The molecule has 1 aromatic heterocycles. The van der Waals surface area contributed by atoms with Crippen LogP contribution in [0.3, 0.4) is 0 Å². The van der Waals surface area contributed by atoms with Gasteiger partial charge < -0.3 is 5.32 Å². The second kappa shape index (κ2) is 6.60. The maximum Gasteiger partial charge on any atom is 0.0534 e. The van der Waals surface area contributed by atoms with Gasteiger partial charge in [0.05, 0.1) is 6.20 Å². The molecule has 0 amide bonds. The van der Waals surface area contributed by atoms with Crippen LogP contribution >= 0.6 is 0 Å². The molecule has 0 bridgehead atoms. The van der Waals surface area contributed by atoms with E-state index < -0.39 is 0 Å². The highest BCUT2D eigenvalue weighted by Crippen LogP contribution is 1.99. The Labute approximate surface area is 86.5 Å². The van der Waals surface area contributed by atoms with Crippen LogP contribution in [-0.2, 0) is 13.1 Å². The molecule has 3 nitrogen and oxygen atoms in total. The lowest BCUT2D eigenvalue weighted by Crippen LogP contribution is -2.13. The van der Waals surface area contributed by atoms with Crippen molar-refractivity contribution in [1.82, 2.24) is 15.1 Å². The van der Waals surface area contributed by atoms with Crippen LogP contribution in [0.4, 0.5) is 0 Å². The molecule has 0 aromatic carbocycles. The molecule has 0 saturated carbocycles. The predicted octanol–water partition coefficient (Wildman–Crippen LogP) is 2.18. The van der Waals surface area contributed by atoms with Gasteiger partial charge in [-0.1, -0.05) is 20.3 Å². The minimum atomic E-state index is 0.944. The lowest BCUT2D eigenvalue weighted by molar-refractivity contribution is 0.570. The molecule has 0 saturated heterocycles. The minimum Gasteiger partial charge on any atom is -0.313 e. The number of hydrogen-bond acceptors (Lipinski definition) is 2. The number of nitrogens with zero attached hydrogens (tertiary/aromatic N) is 2. The molecule has 1 rings (SSSR count). The van der Waals surface area contributed by atoms with Crippen LogP contribution < -0.4 is 5.32 Å². The SMILES string of the molecule is CCCCn1cc(CNCCC)cn1. The van der Waals surface area contributed by atoms with E-state index in [0.717, 1.165) is 19.6 Å². The summed E-state index contributed by atoms with van der Waals surface area (Å²) in [5.41, 5.74) is 1.29. The summed E-state index contributed by atoms with van der Waals surface area (Å²) in [5, 5.41) is 7.68. The van der Waals surface area contributed by atoms with Crippen LogP contribution in [0.5, 0.6) is 0 Å². The van der Waals surface area contributed by atoms with Gasteiger partial charge >= 0.3 is 0 Å². The minimum absolute atomic E-state index is 0.944. The molecule has 0 fully saturated rings. The zero-order valence-corrected chi connectivity index (χ0v) is 9.29. The van der Waals surface area contributed by atoms with E-state index in [0.29, 0.717) is 0 Å². The molecule has 1 aromatic rings. The third-order valence-electron chi connectivity index (χ3n) is 2.18. The number of hydrogen-bond donors (Lipinski definition) is 1. The van der Waals surface area contributed by atoms with Crippen molar-refractivity contribution in [2.75, 3.05) is 6.54 Å². The van der Waals surface area contributed by atoms with Crippen molar-refractivity contribution in [2.24, 2.45) is 0 Å². The first-order chi connectivity index (χ1) is 6.86. The van der Waals surface area contributed by atoms with Gasteiger partial charge in [0.2, 0.25) is 0 Å². The Kier molecular flexibility index (Phi) is 5.30. The van der Waals surface area contributed by atoms with Crippen molar-refractivity contribution in [1.29, 1.82) is 0 Å². The van der Waals surface area contributed by atoms with Gasteiger partial charge in [0, 0.05) is 24.8 Å². The monoisotopic (exact) mass is 195 g/mol. The summed E-state index contributed by atoms with van der Waals surface area (Å²) in [7, 11) is 0. The van der Waals surface area contributed by atoms with Crippen molar-refractivity contribution in [3.05, 3.63) is 18.0 Å². The zero-order chi connectivity index (χ0) is 10.2.